The molecule has 0 unspecified atom stereocenters. The molecule has 1 saturated heterocycles. The Morgan fingerprint density at radius 2 is 2.47 bits per heavy atom. The summed E-state index contributed by atoms with van der Waals surface area (Å²) in [6.07, 6.45) is 1.88. The Balaban J connectivity index is 1.95. The van der Waals surface area contributed by atoms with E-state index in [9.17, 15) is 4.79 Å². The highest BCUT2D eigenvalue weighted by Gasteiger charge is 2.27. The molecule has 0 aliphatic carbocycles. The first-order valence-corrected chi connectivity index (χ1v) is 6.55. The van der Waals surface area contributed by atoms with E-state index in [0.29, 0.717) is 18.3 Å². The zero-order valence-corrected chi connectivity index (χ0v) is 11.1. The number of hydrogen-bond acceptors (Lipinski definition) is 5. The molecule has 6 nitrogen and oxygen atoms in total. The van der Waals surface area contributed by atoms with Crippen molar-refractivity contribution in [2.75, 3.05) is 20.2 Å². The molecule has 1 aromatic rings. The number of carboxylic acids is 1. The van der Waals surface area contributed by atoms with Gasteiger partial charge in [0.2, 0.25) is 0 Å². The Morgan fingerprint density at radius 3 is 3.21 bits per heavy atom. The Kier molecular flexibility index (Phi) is 4.93. The van der Waals surface area contributed by atoms with Gasteiger partial charge < -0.3 is 19.7 Å². The fourth-order valence-electron chi connectivity index (χ4n) is 2.64. The second-order valence-electron chi connectivity index (χ2n) is 5.03. The van der Waals surface area contributed by atoms with Crippen LogP contribution in [0.5, 0.6) is 0 Å². The van der Waals surface area contributed by atoms with Crippen LogP contribution in [0.4, 0.5) is 0 Å². The van der Waals surface area contributed by atoms with E-state index in [0.717, 1.165) is 31.6 Å². The molecule has 6 heteroatoms. The number of carboxylic acid groups (broad SMARTS) is 1. The predicted octanol–water partition coefficient (Wildman–Crippen LogP) is 1.06. The lowest BCUT2D eigenvalue weighted by molar-refractivity contribution is -0.138. The topological polar surface area (TPSA) is 84.6 Å². The van der Waals surface area contributed by atoms with Gasteiger partial charge in [-0.2, -0.15) is 0 Å². The Morgan fingerprint density at radius 1 is 1.63 bits per heavy atom. The summed E-state index contributed by atoms with van der Waals surface area (Å²) < 4.78 is 10.1. The van der Waals surface area contributed by atoms with Crippen LogP contribution in [0.1, 0.15) is 24.3 Å². The molecule has 2 N–H and O–H groups in total. The van der Waals surface area contributed by atoms with Crippen LogP contribution >= 0.6 is 0 Å². The highest BCUT2D eigenvalue weighted by molar-refractivity contribution is 5.67. The highest BCUT2D eigenvalue weighted by atomic mass is 16.5. The van der Waals surface area contributed by atoms with Crippen molar-refractivity contribution in [1.82, 2.24) is 10.5 Å². The van der Waals surface area contributed by atoms with E-state index in [2.05, 4.69) is 10.5 Å². The lowest BCUT2D eigenvalue weighted by atomic mass is 9.81. The minimum absolute atomic E-state index is 0.210. The fourth-order valence-corrected chi connectivity index (χ4v) is 2.64. The molecule has 0 spiro atoms. The van der Waals surface area contributed by atoms with Crippen molar-refractivity contribution in [2.45, 2.75) is 25.9 Å². The molecule has 1 fully saturated rings. The normalized spacial score (nSPS) is 23.4. The number of nitrogens with one attached hydrogen (secondary N) is 1. The van der Waals surface area contributed by atoms with Crippen LogP contribution in [0.3, 0.4) is 0 Å². The van der Waals surface area contributed by atoms with Crippen LogP contribution in [-0.4, -0.2) is 36.4 Å². The molecule has 0 aromatic carbocycles. The van der Waals surface area contributed by atoms with Gasteiger partial charge in [0.15, 0.2) is 5.76 Å². The SMILES string of the molecule is COCc1cc(C[C@@H]2CNCC[C@H]2CC(=O)O)no1. The van der Waals surface area contributed by atoms with E-state index in [1.54, 1.807) is 7.11 Å². The third-order valence-corrected chi connectivity index (χ3v) is 3.57. The first-order valence-electron chi connectivity index (χ1n) is 6.55. The standard InChI is InChI=1S/C13H20N2O4/c1-18-8-12-6-11(15-19-12)4-10-7-14-3-2-9(10)5-13(16)17/h6,9-10,14H,2-5,7-8H2,1H3,(H,16,17)/t9-,10+/m0/s1. The van der Waals surface area contributed by atoms with Gasteiger partial charge in [0.05, 0.1) is 5.69 Å². The molecule has 0 radical (unpaired) electrons. The quantitative estimate of drug-likeness (QED) is 0.802. The van der Waals surface area contributed by atoms with Crippen molar-refractivity contribution in [3.05, 3.63) is 17.5 Å². The minimum Gasteiger partial charge on any atom is -0.481 e. The number of nitrogens with zero attached hydrogens (tertiary/aromatic N) is 1. The van der Waals surface area contributed by atoms with Gasteiger partial charge in [0, 0.05) is 19.6 Å². The number of rotatable bonds is 6. The maximum atomic E-state index is 10.9. The lowest BCUT2D eigenvalue weighted by Crippen LogP contribution is -2.38. The average molecular weight is 268 g/mol. The average Bonchev–Trinajstić information content (AvgIpc) is 2.79. The summed E-state index contributed by atoms with van der Waals surface area (Å²) in [5.74, 6) is 0.486. The predicted molar refractivity (Wildman–Crippen MR) is 67.6 cm³/mol. The third kappa shape index (κ3) is 4.04. The summed E-state index contributed by atoms with van der Waals surface area (Å²) >= 11 is 0. The van der Waals surface area contributed by atoms with Crippen LogP contribution in [0.2, 0.25) is 0 Å². The lowest BCUT2D eigenvalue weighted by Gasteiger charge is -2.30. The van der Waals surface area contributed by atoms with Gasteiger partial charge in [-0.1, -0.05) is 5.16 Å². The number of piperidine rings is 1. The van der Waals surface area contributed by atoms with E-state index in [1.165, 1.54) is 0 Å². The Bertz CT molecular complexity index is 419. The molecule has 1 aliphatic rings. The van der Waals surface area contributed by atoms with E-state index in [4.69, 9.17) is 14.4 Å². The number of aliphatic carboxylic acids is 1. The largest absolute Gasteiger partial charge is 0.481 e. The molecular weight excluding hydrogens is 248 g/mol. The molecule has 1 aromatic heterocycles. The van der Waals surface area contributed by atoms with Crippen molar-refractivity contribution in [1.29, 1.82) is 0 Å². The first kappa shape index (κ1) is 14.0. The van der Waals surface area contributed by atoms with E-state index in [1.807, 2.05) is 6.07 Å². The number of aromatic nitrogens is 1. The molecule has 1 aliphatic heterocycles. The zero-order valence-electron chi connectivity index (χ0n) is 11.1. The molecule has 19 heavy (non-hydrogen) atoms. The summed E-state index contributed by atoms with van der Waals surface area (Å²) in [7, 11) is 1.61. The van der Waals surface area contributed by atoms with Crippen LogP contribution in [0, 0.1) is 11.8 Å². The summed E-state index contributed by atoms with van der Waals surface area (Å²) in [6, 6.07) is 1.88. The molecule has 0 bridgehead atoms. The van der Waals surface area contributed by atoms with Crippen molar-refractivity contribution in [3.8, 4) is 0 Å². The Hall–Kier alpha value is -1.40. The van der Waals surface area contributed by atoms with E-state index in [-0.39, 0.29) is 12.3 Å². The van der Waals surface area contributed by atoms with Crippen molar-refractivity contribution < 1.29 is 19.2 Å². The van der Waals surface area contributed by atoms with Gasteiger partial charge in [-0.25, -0.2) is 0 Å². The monoisotopic (exact) mass is 268 g/mol. The molecule has 2 rings (SSSR count). The summed E-state index contributed by atoms with van der Waals surface area (Å²) in [6.45, 7) is 2.14. The van der Waals surface area contributed by atoms with Crippen molar-refractivity contribution in [2.24, 2.45) is 11.8 Å². The van der Waals surface area contributed by atoms with Gasteiger partial charge in [0.25, 0.3) is 0 Å². The first-order chi connectivity index (χ1) is 9.19. The molecule has 2 atom stereocenters. The van der Waals surface area contributed by atoms with Crippen LogP contribution in [0.15, 0.2) is 10.6 Å². The molecule has 0 saturated carbocycles. The molecule has 2 heterocycles. The summed E-state index contributed by atoms with van der Waals surface area (Å²) in [4.78, 5) is 10.9. The van der Waals surface area contributed by atoms with E-state index < -0.39 is 5.97 Å². The van der Waals surface area contributed by atoms with Gasteiger partial charge in [-0.15, -0.1) is 0 Å². The smallest absolute Gasteiger partial charge is 0.303 e. The second kappa shape index (κ2) is 6.68. The van der Waals surface area contributed by atoms with Crippen molar-refractivity contribution in [3.63, 3.8) is 0 Å². The van der Waals surface area contributed by atoms with Gasteiger partial charge in [-0.05, 0) is 37.8 Å². The number of carbonyl (C=O) groups is 1. The second-order valence-corrected chi connectivity index (χ2v) is 5.03. The summed E-state index contributed by atoms with van der Waals surface area (Å²) in [5, 5.41) is 16.3. The highest BCUT2D eigenvalue weighted by Crippen LogP contribution is 2.26. The van der Waals surface area contributed by atoms with E-state index >= 15 is 0 Å². The maximum absolute atomic E-state index is 10.9. The van der Waals surface area contributed by atoms with Gasteiger partial charge >= 0.3 is 5.97 Å². The zero-order chi connectivity index (χ0) is 13.7. The van der Waals surface area contributed by atoms with Gasteiger partial charge in [-0.3, -0.25) is 4.79 Å². The fraction of sp³-hybridized carbons (Fsp3) is 0.692. The van der Waals surface area contributed by atoms with Crippen LogP contribution < -0.4 is 5.32 Å². The minimum atomic E-state index is -0.725. The van der Waals surface area contributed by atoms with Crippen LogP contribution in [0.25, 0.3) is 0 Å². The molecule has 106 valence electrons. The summed E-state index contributed by atoms with van der Waals surface area (Å²) in [5.41, 5.74) is 0.871. The molecular formula is C13H20N2O4. The Labute approximate surface area is 112 Å². The third-order valence-electron chi connectivity index (χ3n) is 3.57. The molecule has 0 amide bonds. The number of methoxy groups -OCH3 is 1. The van der Waals surface area contributed by atoms with Gasteiger partial charge in [0.1, 0.15) is 6.61 Å². The maximum Gasteiger partial charge on any atom is 0.303 e. The van der Waals surface area contributed by atoms with Crippen molar-refractivity contribution >= 4 is 5.97 Å². The number of ether oxygens (including phenoxy) is 1. The number of hydrogen-bond donors (Lipinski definition) is 2. The van der Waals surface area contributed by atoms with Crippen LogP contribution in [-0.2, 0) is 22.6 Å².